The minimum atomic E-state index is -0.758. The van der Waals surface area contributed by atoms with Crippen LogP contribution in [0.4, 0.5) is 0 Å². The van der Waals surface area contributed by atoms with Crippen LogP contribution in [0.15, 0.2) is 51.4 Å². The Morgan fingerprint density at radius 3 is 2.36 bits per heavy atom. The summed E-state index contributed by atoms with van der Waals surface area (Å²) in [6, 6.07) is 14.3. The highest BCUT2D eigenvalue weighted by atomic mass is 79.9. The van der Waals surface area contributed by atoms with Gasteiger partial charge in [0.25, 0.3) is 0 Å². The molecule has 0 saturated heterocycles. The fraction of sp³-hybridized carbons (Fsp3) is 0.188. The second kappa shape index (κ2) is 8.18. The highest BCUT2D eigenvalue weighted by molar-refractivity contribution is 9.11. The molecule has 0 amide bonds. The molecule has 0 aliphatic heterocycles. The van der Waals surface area contributed by atoms with Crippen LogP contribution in [0.1, 0.15) is 5.56 Å². The van der Waals surface area contributed by atoms with Crippen molar-refractivity contribution in [3.63, 3.8) is 0 Å². The largest absolute Gasteiger partial charge is 0.491 e. The maximum absolute atomic E-state index is 9.89. The molecule has 1 atom stereocenters. The first-order chi connectivity index (χ1) is 10.6. The summed E-state index contributed by atoms with van der Waals surface area (Å²) in [5.41, 5.74) is 0.566. The van der Waals surface area contributed by atoms with Crippen molar-refractivity contribution in [3.05, 3.63) is 57.0 Å². The molecule has 0 bridgehead atoms. The summed E-state index contributed by atoms with van der Waals surface area (Å²) in [6.45, 7) is 0.233. The minimum Gasteiger partial charge on any atom is -0.491 e. The van der Waals surface area contributed by atoms with E-state index in [1.807, 2.05) is 24.3 Å². The van der Waals surface area contributed by atoms with Gasteiger partial charge in [0.15, 0.2) is 0 Å². The molecule has 0 heterocycles. The molecule has 0 radical (unpaired) electrons. The standard InChI is InChI=1S/C16H13Br2NO3/c17-12-3-6-16(15(18)7-12)22-10-13(20)9-21-14-4-1-11(8-19)2-5-14/h1-7,13,20H,9-10H2. The van der Waals surface area contributed by atoms with E-state index in [4.69, 9.17) is 14.7 Å². The number of nitrogens with zero attached hydrogens (tertiary/aromatic N) is 1. The number of hydrogen-bond acceptors (Lipinski definition) is 4. The van der Waals surface area contributed by atoms with Crippen LogP contribution in [-0.4, -0.2) is 24.4 Å². The molecule has 0 fully saturated rings. The first-order valence-corrected chi connectivity index (χ1v) is 8.06. The van der Waals surface area contributed by atoms with Gasteiger partial charge in [0.05, 0.1) is 16.1 Å². The van der Waals surface area contributed by atoms with Crippen LogP contribution in [0.2, 0.25) is 0 Å². The Hall–Kier alpha value is -1.55. The molecule has 6 heteroatoms. The summed E-state index contributed by atoms with van der Waals surface area (Å²) in [4.78, 5) is 0. The Bertz CT molecular complexity index is 668. The van der Waals surface area contributed by atoms with Gasteiger partial charge in [-0.05, 0) is 58.4 Å². The van der Waals surface area contributed by atoms with Crippen molar-refractivity contribution in [1.82, 2.24) is 0 Å². The maximum Gasteiger partial charge on any atom is 0.133 e. The fourth-order valence-electron chi connectivity index (χ4n) is 1.64. The summed E-state index contributed by atoms with van der Waals surface area (Å²) in [6.07, 6.45) is -0.758. The zero-order valence-electron chi connectivity index (χ0n) is 11.5. The number of nitriles is 1. The number of hydrogen-bond donors (Lipinski definition) is 1. The topological polar surface area (TPSA) is 62.5 Å². The van der Waals surface area contributed by atoms with Crippen molar-refractivity contribution < 1.29 is 14.6 Å². The number of halogens is 2. The summed E-state index contributed by atoms with van der Waals surface area (Å²) in [7, 11) is 0. The van der Waals surface area contributed by atoms with Crippen LogP contribution in [0.25, 0.3) is 0 Å². The Morgan fingerprint density at radius 1 is 1.05 bits per heavy atom. The van der Waals surface area contributed by atoms with E-state index in [0.29, 0.717) is 17.1 Å². The number of ether oxygens (including phenoxy) is 2. The highest BCUT2D eigenvalue weighted by Gasteiger charge is 2.09. The van der Waals surface area contributed by atoms with Crippen molar-refractivity contribution in [1.29, 1.82) is 5.26 Å². The Kier molecular flexibility index (Phi) is 6.25. The average Bonchev–Trinajstić information content (AvgIpc) is 2.52. The van der Waals surface area contributed by atoms with Crippen LogP contribution >= 0.6 is 31.9 Å². The van der Waals surface area contributed by atoms with Crippen LogP contribution in [0.5, 0.6) is 11.5 Å². The van der Waals surface area contributed by atoms with Crippen molar-refractivity contribution in [2.24, 2.45) is 0 Å². The molecule has 1 N–H and O–H groups in total. The van der Waals surface area contributed by atoms with E-state index < -0.39 is 6.10 Å². The third kappa shape index (κ3) is 5.02. The van der Waals surface area contributed by atoms with Crippen LogP contribution < -0.4 is 9.47 Å². The van der Waals surface area contributed by atoms with Crippen molar-refractivity contribution in [2.45, 2.75) is 6.10 Å². The lowest BCUT2D eigenvalue weighted by atomic mass is 10.2. The molecule has 22 heavy (non-hydrogen) atoms. The third-order valence-corrected chi connectivity index (χ3v) is 3.86. The molecule has 2 aromatic rings. The molecule has 1 unspecified atom stereocenters. The van der Waals surface area contributed by atoms with Gasteiger partial charge < -0.3 is 14.6 Å². The number of aliphatic hydroxyl groups is 1. The zero-order chi connectivity index (χ0) is 15.9. The lowest BCUT2D eigenvalue weighted by molar-refractivity contribution is 0.0624. The SMILES string of the molecule is N#Cc1ccc(OCC(O)COc2ccc(Br)cc2Br)cc1. The van der Waals surface area contributed by atoms with E-state index >= 15 is 0 Å². The minimum absolute atomic E-state index is 0.111. The second-order valence-corrected chi connectivity index (χ2v) is 6.26. The number of rotatable bonds is 6. The van der Waals surface area contributed by atoms with E-state index in [-0.39, 0.29) is 13.2 Å². The number of aliphatic hydroxyl groups excluding tert-OH is 1. The van der Waals surface area contributed by atoms with Crippen molar-refractivity contribution in [3.8, 4) is 17.6 Å². The second-order valence-electron chi connectivity index (χ2n) is 4.49. The average molecular weight is 427 g/mol. The Balaban J connectivity index is 1.80. The summed E-state index contributed by atoms with van der Waals surface area (Å²) in [5, 5.41) is 18.6. The summed E-state index contributed by atoms with van der Waals surface area (Å²) in [5.74, 6) is 1.25. The van der Waals surface area contributed by atoms with E-state index in [9.17, 15) is 5.11 Å². The van der Waals surface area contributed by atoms with Gasteiger partial charge in [0.2, 0.25) is 0 Å². The van der Waals surface area contributed by atoms with Crippen molar-refractivity contribution in [2.75, 3.05) is 13.2 Å². The van der Waals surface area contributed by atoms with Gasteiger partial charge in [0.1, 0.15) is 30.8 Å². The molecule has 0 aliphatic carbocycles. The Labute approximate surface area is 145 Å². The van der Waals surface area contributed by atoms with Crippen LogP contribution in [-0.2, 0) is 0 Å². The molecular formula is C16H13Br2NO3. The van der Waals surface area contributed by atoms with Gasteiger partial charge in [-0.25, -0.2) is 0 Å². The van der Waals surface area contributed by atoms with Gasteiger partial charge in [0, 0.05) is 4.47 Å². The smallest absolute Gasteiger partial charge is 0.133 e. The molecule has 0 aromatic heterocycles. The van der Waals surface area contributed by atoms with Gasteiger partial charge in [-0.15, -0.1) is 0 Å². The monoisotopic (exact) mass is 425 g/mol. The van der Waals surface area contributed by atoms with E-state index in [0.717, 1.165) is 8.95 Å². The Morgan fingerprint density at radius 2 is 1.73 bits per heavy atom. The third-order valence-electron chi connectivity index (χ3n) is 2.75. The molecule has 0 saturated carbocycles. The van der Waals surface area contributed by atoms with Gasteiger partial charge in [-0.3, -0.25) is 0 Å². The predicted molar refractivity (Wildman–Crippen MR) is 90.0 cm³/mol. The maximum atomic E-state index is 9.89. The quantitative estimate of drug-likeness (QED) is 0.760. The van der Waals surface area contributed by atoms with Crippen LogP contribution in [0, 0.1) is 11.3 Å². The molecule has 0 spiro atoms. The van der Waals surface area contributed by atoms with E-state index in [2.05, 4.69) is 31.9 Å². The zero-order valence-corrected chi connectivity index (χ0v) is 14.7. The molecule has 2 rings (SSSR count). The van der Waals surface area contributed by atoms with Gasteiger partial charge in [-0.1, -0.05) is 15.9 Å². The molecular weight excluding hydrogens is 414 g/mol. The predicted octanol–water partition coefficient (Wildman–Crippen LogP) is 3.90. The molecule has 2 aromatic carbocycles. The molecule has 114 valence electrons. The lowest BCUT2D eigenvalue weighted by Crippen LogP contribution is -2.25. The van der Waals surface area contributed by atoms with Crippen LogP contribution in [0.3, 0.4) is 0 Å². The molecule has 4 nitrogen and oxygen atoms in total. The van der Waals surface area contributed by atoms with E-state index in [1.165, 1.54) is 0 Å². The first kappa shape index (κ1) is 16.8. The van der Waals surface area contributed by atoms with Gasteiger partial charge in [-0.2, -0.15) is 5.26 Å². The summed E-state index contributed by atoms with van der Waals surface area (Å²) < 4.78 is 12.7. The van der Waals surface area contributed by atoms with Gasteiger partial charge >= 0.3 is 0 Å². The number of benzene rings is 2. The summed E-state index contributed by atoms with van der Waals surface area (Å²) >= 11 is 6.75. The fourth-order valence-corrected chi connectivity index (χ4v) is 2.81. The lowest BCUT2D eigenvalue weighted by Gasteiger charge is -2.14. The van der Waals surface area contributed by atoms with Crippen molar-refractivity contribution >= 4 is 31.9 Å². The molecule has 0 aliphatic rings. The normalized spacial score (nSPS) is 11.5. The van der Waals surface area contributed by atoms with E-state index in [1.54, 1.807) is 24.3 Å². The highest BCUT2D eigenvalue weighted by Crippen LogP contribution is 2.28. The first-order valence-electron chi connectivity index (χ1n) is 6.47.